The molecule has 0 aliphatic heterocycles. The van der Waals surface area contributed by atoms with Crippen LogP contribution in [0.5, 0.6) is 0 Å². The van der Waals surface area contributed by atoms with Crippen LogP contribution in [-0.4, -0.2) is 141 Å². The van der Waals surface area contributed by atoms with E-state index in [2.05, 4.69) is 62.8 Å². The van der Waals surface area contributed by atoms with Gasteiger partial charge >= 0.3 is 77.1 Å². The van der Waals surface area contributed by atoms with Gasteiger partial charge in [-0.25, -0.2) is 4.79 Å². The topological polar surface area (TPSA) is 310 Å². The van der Waals surface area contributed by atoms with E-state index in [4.69, 9.17) is 27.6 Å². The Bertz CT molecular complexity index is 2240. The number of unbranched alkanes of at least 4 members (excludes halogenated alkanes) is 44. The van der Waals surface area contributed by atoms with E-state index in [1.807, 2.05) is 0 Å². The first kappa shape index (κ1) is 116. The molecule has 0 saturated heterocycles. The Balaban J connectivity index is -0.0000616. The molecule has 0 rings (SSSR count). The second kappa shape index (κ2) is 83.6. The fourth-order valence-electron chi connectivity index (χ4n) is 13.9. The van der Waals surface area contributed by atoms with Crippen molar-refractivity contribution in [1.82, 2.24) is 31.1 Å². The summed E-state index contributed by atoms with van der Waals surface area (Å²) < 4.78 is 59.6. The summed E-state index contributed by atoms with van der Waals surface area (Å²) in [4.78, 5) is 123. The molecular formula is C87H168N6Na2O17P2. The van der Waals surface area contributed by atoms with Crippen molar-refractivity contribution < 1.29 is 139 Å². The zero-order valence-electron chi connectivity index (χ0n) is 74.6. The van der Waals surface area contributed by atoms with Gasteiger partial charge in [0.25, 0.3) is 15.6 Å². The van der Waals surface area contributed by atoms with Crippen molar-refractivity contribution in [2.24, 2.45) is 0 Å². The number of esters is 2. The van der Waals surface area contributed by atoms with Gasteiger partial charge in [-0.15, -0.1) is 0 Å². The van der Waals surface area contributed by atoms with Crippen molar-refractivity contribution in [2.45, 2.75) is 452 Å². The van der Waals surface area contributed by atoms with Gasteiger partial charge in [0.05, 0.1) is 38.5 Å². The summed E-state index contributed by atoms with van der Waals surface area (Å²) in [5.41, 5.74) is 0. The number of hydrogen-bond acceptors (Lipinski definition) is 17. The maximum Gasteiger partial charge on any atom is 1.00 e. The molecule has 0 aromatic carbocycles. The molecule has 0 fully saturated rings. The molecule has 660 valence electrons. The average Bonchev–Trinajstić information content (AvgIpc) is 0.877. The molecule has 0 bridgehead atoms. The van der Waals surface area contributed by atoms with E-state index in [9.17, 15) is 52.5 Å². The summed E-state index contributed by atoms with van der Waals surface area (Å²) in [6.45, 7) is 13.3. The van der Waals surface area contributed by atoms with Gasteiger partial charge in [-0.05, 0) is 51.4 Å². The standard InChI is InChI=1S/C87H170N6O17P2.2Na/c1-9-15-21-27-31-35-37-41-43-49-55-61-83(96)90-79(73-92(77(7)94)69-65-81(59-53-47-25-19-13-5)109-85(98)63-57-51-45-39-33-29-23-17-11-3)75-107-111(101,102)105-71-67-88-87(100)89-68-72-106-112(103,104)108-76-80(91-84(97)62-56-50-44-42-38-36-32-28-22-16-10-2)74-93(78(8)95)70-66-82(60-54-48-26-20-14-6)110-86(99)64-58-52-46-40-34-30-24-18-12-4;;/h79-82H,9-76H2,1-8H3,(H,90,96)(H,91,97)(H,101,102)(H,103,104)(H2,88,89,100);;/q;2*+1/p-2/t79-,80-,81-,82-;;/m1../s1. The molecule has 114 heavy (non-hydrogen) atoms. The molecule has 0 aliphatic rings. The number of phosphoric acid groups is 2. The van der Waals surface area contributed by atoms with Gasteiger partial charge in [-0.1, -0.05) is 324 Å². The van der Waals surface area contributed by atoms with E-state index in [-0.39, 0.29) is 147 Å². The van der Waals surface area contributed by atoms with Gasteiger partial charge in [0.2, 0.25) is 23.6 Å². The minimum absolute atomic E-state index is 0. The SMILES string of the molecule is CCCCCCCCCCCCCC(=O)N[C@@H](COP(=O)([O-])OCCNC(=O)NCCOP(=O)([O-])OC[C@@H](CN(CC[C@@H](CCCCCCC)OC(=O)CCCCCCCCCCC)C(C)=O)NC(=O)CCCCCCCCCCCCC)CN(CC[C@@H](CCCCCCC)OC(=O)CCCCCCCCCCC)C(C)=O.[Na+].[Na+]. The molecule has 27 heteroatoms. The summed E-state index contributed by atoms with van der Waals surface area (Å²) in [6.07, 6.45) is 57.1. The summed E-state index contributed by atoms with van der Waals surface area (Å²) >= 11 is 0. The van der Waals surface area contributed by atoms with E-state index in [1.165, 1.54) is 165 Å². The molecular weight excluding hydrogens is 1510 g/mol. The van der Waals surface area contributed by atoms with E-state index < -0.39 is 72.4 Å². The third kappa shape index (κ3) is 77.6. The fourth-order valence-corrected chi connectivity index (χ4v) is 15.4. The fraction of sp³-hybridized carbons (Fsp3) is 0.920. The Morgan fingerprint density at radius 2 is 0.561 bits per heavy atom. The third-order valence-electron chi connectivity index (χ3n) is 20.9. The second-order valence-corrected chi connectivity index (χ2v) is 34.6. The maximum atomic E-state index is 13.5. The Morgan fingerprint density at radius 1 is 0.325 bits per heavy atom. The van der Waals surface area contributed by atoms with Crippen LogP contribution in [0.25, 0.3) is 0 Å². The predicted molar refractivity (Wildman–Crippen MR) is 450 cm³/mol. The molecule has 6 amide bonds. The van der Waals surface area contributed by atoms with E-state index in [0.29, 0.717) is 51.4 Å². The van der Waals surface area contributed by atoms with Crippen molar-refractivity contribution in [3.05, 3.63) is 0 Å². The molecule has 23 nitrogen and oxygen atoms in total. The van der Waals surface area contributed by atoms with Crippen molar-refractivity contribution in [3.8, 4) is 0 Å². The zero-order valence-corrected chi connectivity index (χ0v) is 80.4. The maximum absolute atomic E-state index is 13.5. The van der Waals surface area contributed by atoms with Crippen LogP contribution in [0.1, 0.15) is 428 Å². The number of carbonyl (C=O) groups excluding carboxylic acids is 7. The number of hydrogen-bond donors (Lipinski definition) is 4. The van der Waals surface area contributed by atoms with Gasteiger partial charge in [-0.3, -0.25) is 37.9 Å². The van der Waals surface area contributed by atoms with Gasteiger partial charge in [0, 0.05) is 91.6 Å². The molecule has 4 N–H and O–H groups in total. The van der Waals surface area contributed by atoms with Gasteiger partial charge in [0.15, 0.2) is 0 Å². The van der Waals surface area contributed by atoms with E-state index >= 15 is 0 Å². The van der Waals surface area contributed by atoms with Crippen LogP contribution in [0, 0.1) is 0 Å². The van der Waals surface area contributed by atoms with Crippen LogP contribution in [-0.2, 0) is 65.5 Å². The first-order valence-electron chi connectivity index (χ1n) is 45.8. The number of amides is 6. The molecule has 0 heterocycles. The van der Waals surface area contributed by atoms with Crippen LogP contribution >= 0.6 is 15.6 Å². The number of carbonyl (C=O) groups is 7. The van der Waals surface area contributed by atoms with E-state index in [0.717, 1.165) is 167 Å². The van der Waals surface area contributed by atoms with Crippen molar-refractivity contribution in [2.75, 3.05) is 65.7 Å². The number of urea groups is 1. The summed E-state index contributed by atoms with van der Waals surface area (Å²) in [6, 6.07) is -2.73. The second-order valence-electron chi connectivity index (χ2n) is 31.7. The number of nitrogens with one attached hydrogen (secondary N) is 4. The number of nitrogens with zero attached hydrogens (tertiary/aromatic N) is 2. The Labute approximate surface area is 739 Å². The van der Waals surface area contributed by atoms with Gasteiger partial charge < -0.3 is 68.4 Å². The number of phosphoric ester groups is 2. The summed E-state index contributed by atoms with van der Waals surface area (Å²) in [5.74, 6) is -1.77. The quantitative estimate of drug-likeness (QED) is 0.0190. The molecule has 0 aromatic rings. The number of rotatable bonds is 84. The summed E-state index contributed by atoms with van der Waals surface area (Å²) in [5, 5.41) is 10.7. The molecule has 0 saturated carbocycles. The molecule has 2 unspecified atom stereocenters. The smallest absolute Gasteiger partial charge is 0.756 e. The number of ether oxygens (including phenoxy) is 2. The third-order valence-corrected chi connectivity index (χ3v) is 22.9. The minimum Gasteiger partial charge on any atom is -0.756 e. The van der Waals surface area contributed by atoms with Gasteiger partial charge in [0.1, 0.15) is 12.2 Å². The molecule has 0 aliphatic carbocycles. The molecule has 0 spiro atoms. The monoisotopic (exact) mass is 1680 g/mol. The Hall–Kier alpha value is -1.69. The van der Waals surface area contributed by atoms with Crippen molar-refractivity contribution in [3.63, 3.8) is 0 Å². The van der Waals surface area contributed by atoms with Crippen LogP contribution < -0.4 is 90.2 Å². The van der Waals surface area contributed by atoms with Crippen LogP contribution in [0.2, 0.25) is 0 Å². The van der Waals surface area contributed by atoms with Crippen LogP contribution in [0.15, 0.2) is 0 Å². The summed E-state index contributed by atoms with van der Waals surface area (Å²) in [7, 11) is -10.1. The first-order chi connectivity index (χ1) is 54.1. The molecule has 0 aromatic heterocycles. The Kier molecular flexibility index (Phi) is 85.4. The van der Waals surface area contributed by atoms with Gasteiger partial charge in [-0.2, -0.15) is 0 Å². The predicted octanol–water partition coefficient (Wildman–Crippen LogP) is 14.5. The van der Waals surface area contributed by atoms with Crippen LogP contribution in [0.4, 0.5) is 4.79 Å². The zero-order chi connectivity index (χ0) is 82.7. The molecule has 6 atom stereocenters. The van der Waals surface area contributed by atoms with Crippen molar-refractivity contribution in [1.29, 1.82) is 0 Å². The Morgan fingerprint density at radius 3 is 0.816 bits per heavy atom. The largest absolute Gasteiger partial charge is 1.00 e. The van der Waals surface area contributed by atoms with Crippen LogP contribution in [0.3, 0.4) is 0 Å². The first-order valence-corrected chi connectivity index (χ1v) is 48.8. The van der Waals surface area contributed by atoms with Crippen molar-refractivity contribution >= 4 is 57.2 Å². The minimum atomic E-state index is -5.07. The average molecular weight is 1680 g/mol. The normalized spacial score (nSPS) is 13.4. The van der Waals surface area contributed by atoms with E-state index in [1.54, 1.807) is 0 Å². The molecule has 0 radical (unpaired) electrons.